The van der Waals surface area contributed by atoms with Crippen LogP contribution in [0, 0.1) is 0 Å². The van der Waals surface area contributed by atoms with Crippen molar-refractivity contribution in [3.63, 3.8) is 0 Å². The van der Waals surface area contributed by atoms with Crippen molar-refractivity contribution >= 4 is 16.9 Å². The molecule has 1 atom stereocenters. The number of rotatable bonds is 5. The lowest BCUT2D eigenvalue weighted by Gasteiger charge is -2.12. The Hall–Kier alpha value is -2.69. The molecule has 0 saturated carbocycles. The van der Waals surface area contributed by atoms with Crippen LogP contribution in [0.5, 0.6) is 0 Å². The largest absolute Gasteiger partial charge is 0.348 e. The van der Waals surface area contributed by atoms with E-state index in [1.165, 1.54) is 0 Å². The van der Waals surface area contributed by atoms with Crippen LogP contribution >= 0.6 is 0 Å². The topological polar surface area (TPSA) is 70.7 Å². The van der Waals surface area contributed by atoms with Crippen molar-refractivity contribution in [2.75, 3.05) is 0 Å². The molecule has 0 aliphatic heterocycles. The van der Waals surface area contributed by atoms with Gasteiger partial charge in [-0.3, -0.25) is 9.78 Å². The Labute approximate surface area is 128 Å². The van der Waals surface area contributed by atoms with Gasteiger partial charge in [-0.25, -0.2) is 4.98 Å². The number of hydrogen-bond donors (Lipinski definition) is 2. The lowest BCUT2D eigenvalue weighted by atomic mass is 10.2. The van der Waals surface area contributed by atoms with E-state index in [0.717, 1.165) is 22.6 Å². The van der Waals surface area contributed by atoms with E-state index >= 15 is 0 Å². The second kappa shape index (κ2) is 6.39. The molecule has 0 fully saturated rings. The molecule has 22 heavy (non-hydrogen) atoms. The number of fused-ring (bicyclic) bond motifs is 1. The summed E-state index contributed by atoms with van der Waals surface area (Å²) in [6, 6.07) is 13.4. The Morgan fingerprint density at radius 1 is 1.23 bits per heavy atom. The third kappa shape index (κ3) is 3.31. The Morgan fingerprint density at radius 3 is 2.82 bits per heavy atom. The molecule has 0 saturated heterocycles. The van der Waals surface area contributed by atoms with Gasteiger partial charge in [0.2, 0.25) is 5.91 Å². The Bertz CT molecular complexity index is 733. The summed E-state index contributed by atoms with van der Waals surface area (Å²) in [5.41, 5.74) is 2.79. The van der Waals surface area contributed by atoms with Crippen LogP contribution in [0.1, 0.15) is 30.9 Å². The number of benzene rings is 1. The van der Waals surface area contributed by atoms with Crippen LogP contribution in [0.4, 0.5) is 0 Å². The Balaban J connectivity index is 1.56. The maximum Gasteiger partial charge on any atom is 0.220 e. The number of nitrogens with zero attached hydrogens (tertiary/aromatic N) is 2. The number of pyridine rings is 1. The molecule has 2 aromatic heterocycles. The van der Waals surface area contributed by atoms with E-state index in [2.05, 4.69) is 20.3 Å². The highest BCUT2D eigenvalue weighted by atomic mass is 16.1. The Kier molecular flexibility index (Phi) is 4.14. The summed E-state index contributed by atoms with van der Waals surface area (Å²) in [6.45, 7) is 1.93. The number of imidazole rings is 1. The zero-order valence-corrected chi connectivity index (χ0v) is 12.4. The maximum atomic E-state index is 12.0. The van der Waals surface area contributed by atoms with Crippen molar-refractivity contribution in [2.24, 2.45) is 0 Å². The summed E-state index contributed by atoms with van der Waals surface area (Å²) in [5, 5.41) is 2.96. The fraction of sp³-hybridized carbons (Fsp3) is 0.235. The molecule has 1 amide bonds. The molecule has 3 rings (SSSR count). The molecule has 0 aliphatic rings. The van der Waals surface area contributed by atoms with E-state index in [0.29, 0.717) is 12.8 Å². The molecule has 1 aromatic carbocycles. The van der Waals surface area contributed by atoms with Crippen molar-refractivity contribution in [3.05, 3.63) is 60.2 Å². The fourth-order valence-electron chi connectivity index (χ4n) is 2.38. The number of carbonyl (C=O) groups is 1. The van der Waals surface area contributed by atoms with Crippen LogP contribution in [-0.4, -0.2) is 20.9 Å². The minimum atomic E-state index is -0.0932. The highest BCUT2D eigenvalue weighted by Crippen LogP contribution is 2.12. The minimum Gasteiger partial charge on any atom is -0.348 e. The van der Waals surface area contributed by atoms with Crippen LogP contribution in [0.25, 0.3) is 11.0 Å². The zero-order chi connectivity index (χ0) is 15.4. The smallest absolute Gasteiger partial charge is 0.220 e. The van der Waals surface area contributed by atoms with E-state index in [4.69, 9.17) is 0 Å². The third-order valence-electron chi connectivity index (χ3n) is 3.54. The van der Waals surface area contributed by atoms with Crippen molar-refractivity contribution in [3.8, 4) is 0 Å². The lowest BCUT2D eigenvalue weighted by molar-refractivity contribution is -0.121. The lowest BCUT2D eigenvalue weighted by Crippen LogP contribution is -2.27. The van der Waals surface area contributed by atoms with Gasteiger partial charge in [-0.2, -0.15) is 0 Å². The first-order valence-electron chi connectivity index (χ1n) is 7.36. The minimum absolute atomic E-state index is 0.00129. The predicted octanol–water partition coefficient (Wildman–Crippen LogP) is 2.77. The van der Waals surface area contributed by atoms with Crippen LogP contribution in [0.3, 0.4) is 0 Å². The maximum absolute atomic E-state index is 12.0. The van der Waals surface area contributed by atoms with Crippen molar-refractivity contribution in [2.45, 2.75) is 25.8 Å². The number of H-pyrrole nitrogens is 1. The predicted molar refractivity (Wildman–Crippen MR) is 85.2 cm³/mol. The first-order chi connectivity index (χ1) is 10.7. The van der Waals surface area contributed by atoms with Crippen LogP contribution in [0.2, 0.25) is 0 Å². The summed E-state index contributed by atoms with van der Waals surface area (Å²) in [7, 11) is 0. The van der Waals surface area contributed by atoms with Gasteiger partial charge in [0.05, 0.1) is 22.8 Å². The van der Waals surface area contributed by atoms with Crippen LogP contribution < -0.4 is 5.32 Å². The van der Waals surface area contributed by atoms with Gasteiger partial charge in [0.15, 0.2) is 0 Å². The average Bonchev–Trinajstić information content (AvgIpc) is 2.96. The monoisotopic (exact) mass is 294 g/mol. The molecule has 5 nitrogen and oxygen atoms in total. The molecule has 2 N–H and O–H groups in total. The van der Waals surface area contributed by atoms with E-state index in [1.807, 2.05) is 49.4 Å². The molecule has 0 radical (unpaired) electrons. The highest BCUT2D eigenvalue weighted by Gasteiger charge is 2.11. The average molecular weight is 294 g/mol. The molecular weight excluding hydrogens is 276 g/mol. The first-order valence-corrected chi connectivity index (χ1v) is 7.36. The van der Waals surface area contributed by atoms with E-state index in [-0.39, 0.29) is 11.9 Å². The molecule has 0 aliphatic carbocycles. The molecule has 0 spiro atoms. The molecule has 1 unspecified atom stereocenters. The van der Waals surface area contributed by atoms with Crippen molar-refractivity contribution in [1.82, 2.24) is 20.3 Å². The summed E-state index contributed by atoms with van der Waals surface area (Å²) >= 11 is 0. The van der Waals surface area contributed by atoms with Gasteiger partial charge in [0.25, 0.3) is 0 Å². The fourth-order valence-corrected chi connectivity index (χ4v) is 2.38. The normalized spacial score (nSPS) is 12.2. The van der Waals surface area contributed by atoms with Gasteiger partial charge < -0.3 is 10.3 Å². The Morgan fingerprint density at radius 2 is 2.05 bits per heavy atom. The van der Waals surface area contributed by atoms with E-state index in [1.54, 1.807) is 6.20 Å². The number of nitrogens with one attached hydrogen (secondary N) is 2. The number of para-hydroxylation sites is 2. The van der Waals surface area contributed by atoms with Crippen molar-refractivity contribution < 1.29 is 4.79 Å². The number of aromatic nitrogens is 3. The third-order valence-corrected chi connectivity index (χ3v) is 3.54. The summed E-state index contributed by atoms with van der Waals surface area (Å²) in [5.74, 6) is 0.834. The quantitative estimate of drug-likeness (QED) is 0.760. The molecule has 3 aromatic rings. The highest BCUT2D eigenvalue weighted by molar-refractivity contribution is 5.77. The van der Waals surface area contributed by atoms with Gasteiger partial charge >= 0.3 is 0 Å². The summed E-state index contributed by atoms with van der Waals surface area (Å²) < 4.78 is 0. The molecule has 0 bridgehead atoms. The summed E-state index contributed by atoms with van der Waals surface area (Å²) in [6.07, 6.45) is 2.72. The number of amides is 1. The standard InChI is InChI=1S/C17H18N4O/c1-12(13-6-4-5-11-18-13)19-17(22)10-9-16-20-14-7-2-3-8-15(14)21-16/h2-8,11-12H,9-10H2,1H3,(H,19,22)(H,20,21). The van der Waals surface area contributed by atoms with Gasteiger partial charge in [-0.1, -0.05) is 18.2 Å². The van der Waals surface area contributed by atoms with Crippen molar-refractivity contribution in [1.29, 1.82) is 0 Å². The van der Waals surface area contributed by atoms with E-state index in [9.17, 15) is 4.79 Å². The number of aryl methyl sites for hydroxylation is 1. The van der Waals surface area contributed by atoms with Gasteiger partial charge in [-0.05, 0) is 31.2 Å². The molecule has 5 heteroatoms. The van der Waals surface area contributed by atoms with Crippen LogP contribution in [-0.2, 0) is 11.2 Å². The zero-order valence-electron chi connectivity index (χ0n) is 12.4. The number of hydrogen-bond acceptors (Lipinski definition) is 3. The number of carbonyl (C=O) groups excluding carboxylic acids is 1. The molecule has 112 valence electrons. The molecular formula is C17H18N4O. The summed E-state index contributed by atoms with van der Waals surface area (Å²) in [4.78, 5) is 24.0. The van der Waals surface area contributed by atoms with Crippen LogP contribution in [0.15, 0.2) is 48.7 Å². The second-order valence-corrected chi connectivity index (χ2v) is 5.24. The molecule has 2 heterocycles. The SMILES string of the molecule is CC(NC(=O)CCc1nc2ccccc2[nH]1)c1ccccn1. The second-order valence-electron chi connectivity index (χ2n) is 5.24. The van der Waals surface area contributed by atoms with E-state index < -0.39 is 0 Å². The van der Waals surface area contributed by atoms with Gasteiger partial charge in [0.1, 0.15) is 5.82 Å². The number of aromatic amines is 1. The van der Waals surface area contributed by atoms with Gasteiger partial charge in [0, 0.05) is 19.0 Å². The first kappa shape index (κ1) is 14.3. The van der Waals surface area contributed by atoms with Gasteiger partial charge in [-0.15, -0.1) is 0 Å².